The summed E-state index contributed by atoms with van der Waals surface area (Å²) in [4.78, 5) is 22.7. The Kier molecular flexibility index (Phi) is 18.8. The zero-order valence-corrected chi connectivity index (χ0v) is 19.4. The number of carbonyl (C=O) groups is 2. The Morgan fingerprint density at radius 3 is 1.70 bits per heavy atom. The summed E-state index contributed by atoms with van der Waals surface area (Å²) in [5.41, 5.74) is 0. The van der Waals surface area contributed by atoms with Crippen molar-refractivity contribution in [3.8, 4) is 0 Å². The number of hydrogen-bond donors (Lipinski definition) is 2. The molecule has 0 aromatic rings. The summed E-state index contributed by atoms with van der Waals surface area (Å²) in [6, 6.07) is 0. The van der Waals surface area contributed by atoms with Crippen LogP contribution in [0.2, 0.25) is 0 Å². The molecule has 0 aromatic heterocycles. The highest BCUT2D eigenvalue weighted by Gasteiger charge is 2.33. The van der Waals surface area contributed by atoms with Crippen molar-refractivity contribution in [1.29, 1.82) is 0 Å². The first kappa shape index (κ1) is 28.7. The van der Waals surface area contributed by atoms with Crippen LogP contribution >= 0.6 is 0 Å². The SMILES string of the molecule is CCCCC/C=C\C/C=C\CCCCCCCCOC(C(O)C(C)=O)C(O)C(C)=O. The summed E-state index contributed by atoms with van der Waals surface area (Å²) in [7, 11) is 0. The van der Waals surface area contributed by atoms with E-state index >= 15 is 0 Å². The van der Waals surface area contributed by atoms with Crippen molar-refractivity contribution in [3.05, 3.63) is 24.3 Å². The Labute approximate surface area is 183 Å². The largest absolute Gasteiger partial charge is 0.382 e. The van der Waals surface area contributed by atoms with E-state index < -0.39 is 29.9 Å². The Bertz CT molecular complexity index is 478. The molecule has 2 unspecified atom stereocenters. The van der Waals surface area contributed by atoms with Gasteiger partial charge >= 0.3 is 0 Å². The third-order valence-electron chi connectivity index (χ3n) is 5.11. The second-order valence-electron chi connectivity index (χ2n) is 8.03. The van der Waals surface area contributed by atoms with E-state index in [0.717, 1.165) is 32.1 Å². The van der Waals surface area contributed by atoms with Gasteiger partial charge in [-0.15, -0.1) is 0 Å². The molecule has 0 fully saturated rings. The van der Waals surface area contributed by atoms with Crippen LogP contribution in [0.5, 0.6) is 0 Å². The summed E-state index contributed by atoms with van der Waals surface area (Å²) in [5, 5.41) is 19.7. The molecule has 0 radical (unpaired) electrons. The molecule has 30 heavy (non-hydrogen) atoms. The van der Waals surface area contributed by atoms with Gasteiger partial charge in [-0.1, -0.05) is 69.8 Å². The van der Waals surface area contributed by atoms with Gasteiger partial charge < -0.3 is 14.9 Å². The average molecular weight is 425 g/mol. The number of unbranched alkanes of at least 4 members (excludes halogenated alkanes) is 9. The van der Waals surface area contributed by atoms with Crippen LogP contribution in [-0.2, 0) is 14.3 Å². The third-order valence-corrected chi connectivity index (χ3v) is 5.11. The molecule has 174 valence electrons. The molecule has 0 spiro atoms. The van der Waals surface area contributed by atoms with Gasteiger partial charge in [-0.05, 0) is 52.4 Å². The van der Waals surface area contributed by atoms with Crippen LogP contribution in [0, 0.1) is 0 Å². The number of rotatable bonds is 20. The molecule has 0 amide bonds. The quantitative estimate of drug-likeness (QED) is 0.210. The Morgan fingerprint density at radius 2 is 1.20 bits per heavy atom. The standard InChI is InChI=1S/C25H44O5/c1-4-5-6-7-8-9-10-11-12-13-14-15-16-17-18-19-20-30-25(23(28)21(2)26)24(29)22(3)27/h8-9,11-12,23-25,28-29H,4-7,10,13-20H2,1-3H3/b9-8-,12-11-. The van der Waals surface area contributed by atoms with E-state index in [0.29, 0.717) is 6.61 Å². The Hall–Kier alpha value is -1.30. The summed E-state index contributed by atoms with van der Waals surface area (Å²) in [6.07, 6.45) is 18.6. The molecular weight excluding hydrogens is 380 g/mol. The van der Waals surface area contributed by atoms with Gasteiger partial charge in [-0.2, -0.15) is 0 Å². The van der Waals surface area contributed by atoms with Crippen molar-refractivity contribution in [2.24, 2.45) is 0 Å². The van der Waals surface area contributed by atoms with Crippen LogP contribution in [0.4, 0.5) is 0 Å². The first-order valence-corrected chi connectivity index (χ1v) is 11.7. The fourth-order valence-electron chi connectivity index (χ4n) is 3.13. The lowest BCUT2D eigenvalue weighted by atomic mass is 10.0. The lowest BCUT2D eigenvalue weighted by molar-refractivity contribution is -0.151. The molecule has 2 N–H and O–H groups in total. The van der Waals surface area contributed by atoms with Crippen molar-refractivity contribution >= 4 is 11.6 Å². The summed E-state index contributed by atoms with van der Waals surface area (Å²) in [5.74, 6) is -1.03. The smallest absolute Gasteiger partial charge is 0.161 e. The van der Waals surface area contributed by atoms with Gasteiger partial charge in [0.1, 0.15) is 18.3 Å². The molecule has 0 aromatic carbocycles. The number of carbonyl (C=O) groups excluding carboxylic acids is 2. The van der Waals surface area contributed by atoms with Crippen LogP contribution in [-0.4, -0.2) is 46.7 Å². The minimum Gasteiger partial charge on any atom is -0.382 e. The minimum absolute atomic E-state index is 0.314. The Morgan fingerprint density at radius 1 is 0.733 bits per heavy atom. The van der Waals surface area contributed by atoms with Gasteiger partial charge in [-0.3, -0.25) is 9.59 Å². The van der Waals surface area contributed by atoms with E-state index in [1.54, 1.807) is 0 Å². The minimum atomic E-state index is -1.48. The number of aliphatic hydroxyl groups excluding tert-OH is 2. The summed E-state index contributed by atoms with van der Waals surface area (Å²) in [6.45, 7) is 4.97. The van der Waals surface area contributed by atoms with Crippen LogP contribution in [0.15, 0.2) is 24.3 Å². The van der Waals surface area contributed by atoms with Crippen molar-refractivity contribution in [1.82, 2.24) is 0 Å². The van der Waals surface area contributed by atoms with Gasteiger partial charge in [0.05, 0.1) is 0 Å². The zero-order chi connectivity index (χ0) is 22.6. The molecule has 0 bridgehead atoms. The molecule has 5 nitrogen and oxygen atoms in total. The number of Topliss-reactive ketones (excluding diaryl/α,β-unsaturated/α-hetero) is 2. The lowest BCUT2D eigenvalue weighted by Crippen LogP contribution is -2.46. The van der Waals surface area contributed by atoms with E-state index in [4.69, 9.17) is 4.74 Å². The maximum Gasteiger partial charge on any atom is 0.161 e. The number of ketones is 2. The van der Waals surface area contributed by atoms with Gasteiger partial charge in [0.25, 0.3) is 0 Å². The molecule has 0 heterocycles. The molecule has 0 aliphatic carbocycles. The molecule has 0 aliphatic heterocycles. The van der Waals surface area contributed by atoms with Crippen LogP contribution in [0.3, 0.4) is 0 Å². The van der Waals surface area contributed by atoms with Crippen LogP contribution in [0.1, 0.15) is 97.8 Å². The van der Waals surface area contributed by atoms with Crippen molar-refractivity contribution in [2.75, 3.05) is 6.61 Å². The maximum absolute atomic E-state index is 11.3. The van der Waals surface area contributed by atoms with E-state index in [9.17, 15) is 19.8 Å². The summed E-state index contributed by atoms with van der Waals surface area (Å²) < 4.78 is 5.45. The highest BCUT2D eigenvalue weighted by atomic mass is 16.5. The van der Waals surface area contributed by atoms with Crippen LogP contribution in [0.25, 0.3) is 0 Å². The number of hydrogen-bond acceptors (Lipinski definition) is 5. The van der Waals surface area contributed by atoms with E-state index in [1.807, 2.05) is 0 Å². The number of ether oxygens (including phenoxy) is 1. The maximum atomic E-state index is 11.3. The van der Waals surface area contributed by atoms with E-state index in [1.165, 1.54) is 58.8 Å². The number of allylic oxidation sites excluding steroid dienone is 4. The summed E-state index contributed by atoms with van der Waals surface area (Å²) >= 11 is 0. The predicted octanol–water partition coefficient (Wildman–Crippen LogP) is 5.08. The van der Waals surface area contributed by atoms with Gasteiger partial charge in [0, 0.05) is 6.61 Å². The molecule has 2 atom stereocenters. The van der Waals surface area contributed by atoms with Crippen molar-refractivity contribution in [3.63, 3.8) is 0 Å². The third kappa shape index (κ3) is 15.5. The Balaban J connectivity index is 3.69. The van der Waals surface area contributed by atoms with Gasteiger partial charge in [0.15, 0.2) is 11.6 Å². The predicted molar refractivity (Wildman–Crippen MR) is 122 cm³/mol. The van der Waals surface area contributed by atoms with Gasteiger partial charge in [-0.25, -0.2) is 0 Å². The van der Waals surface area contributed by atoms with Crippen LogP contribution < -0.4 is 0 Å². The first-order chi connectivity index (χ1) is 14.4. The second-order valence-corrected chi connectivity index (χ2v) is 8.03. The topological polar surface area (TPSA) is 83.8 Å². The highest BCUT2D eigenvalue weighted by molar-refractivity contribution is 5.85. The van der Waals surface area contributed by atoms with Crippen molar-refractivity contribution in [2.45, 2.75) is 116 Å². The second kappa shape index (κ2) is 19.7. The molecule has 0 aliphatic rings. The number of aliphatic hydroxyl groups is 2. The molecule has 0 saturated heterocycles. The fraction of sp³-hybridized carbons (Fsp3) is 0.760. The monoisotopic (exact) mass is 424 g/mol. The molecule has 0 saturated carbocycles. The molecule has 5 heteroatoms. The molecular formula is C25H44O5. The normalized spacial score (nSPS) is 15.0. The highest BCUT2D eigenvalue weighted by Crippen LogP contribution is 2.12. The van der Waals surface area contributed by atoms with E-state index in [2.05, 4.69) is 31.2 Å². The fourth-order valence-corrected chi connectivity index (χ4v) is 3.13. The first-order valence-electron chi connectivity index (χ1n) is 11.7. The van der Waals surface area contributed by atoms with Crippen molar-refractivity contribution < 1.29 is 24.5 Å². The zero-order valence-electron chi connectivity index (χ0n) is 19.4. The average Bonchev–Trinajstić information content (AvgIpc) is 2.72. The molecule has 0 rings (SSSR count). The van der Waals surface area contributed by atoms with Gasteiger partial charge in [0.2, 0.25) is 0 Å². The van der Waals surface area contributed by atoms with E-state index in [-0.39, 0.29) is 0 Å². The lowest BCUT2D eigenvalue weighted by Gasteiger charge is -2.24.